The number of sulfone groups is 1. The number of furan rings is 1. The van der Waals surface area contributed by atoms with Crippen LogP contribution in [0.25, 0.3) is 0 Å². The van der Waals surface area contributed by atoms with Gasteiger partial charge in [-0.3, -0.25) is 4.79 Å². The van der Waals surface area contributed by atoms with E-state index in [9.17, 15) is 13.2 Å². The van der Waals surface area contributed by atoms with Crippen LogP contribution in [-0.4, -0.2) is 35.6 Å². The second-order valence-electron chi connectivity index (χ2n) is 5.70. The van der Waals surface area contributed by atoms with Crippen molar-refractivity contribution in [1.82, 2.24) is 9.78 Å². The highest BCUT2D eigenvalue weighted by Gasteiger charge is 2.34. The third kappa shape index (κ3) is 2.67. The molecule has 122 valence electrons. The van der Waals surface area contributed by atoms with Crippen LogP contribution in [0.5, 0.6) is 0 Å². The summed E-state index contributed by atoms with van der Waals surface area (Å²) < 4.78 is 30.3. The number of amides is 1. The minimum Gasteiger partial charge on any atom is -0.459 e. The molecule has 1 fully saturated rings. The van der Waals surface area contributed by atoms with Gasteiger partial charge in [-0.1, -0.05) is 0 Å². The molecular weight excluding hydrogens is 338 g/mol. The van der Waals surface area contributed by atoms with E-state index in [1.807, 2.05) is 0 Å². The van der Waals surface area contributed by atoms with Crippen LogP contribution in [0.2, 0.25) is 0 Å². The summed E-state index contributed by atoms with van der Waals surface area (Å²) in [4.78, 5) is 12.3. The number of aromatic nitrogens is 2. The molecule has 0 radical (unpaired) electrons. The number of carbonyl (C=O) groups is 1. The number of hydrogen-bond acceptors (Lipinski definition) is 6. The normalized spacial score (nSPS) is 22.2. The molecule has 0 bridgehead atoms. The molecule has 0 saturated carbocycles. The summed E-state index contributed by atoms with van der Waals surface area (Å²) in [7, 11) is -3.02. The van der Waals surface area contributed by atoms with E-state index in [0.717, 1.165) is 22.8 Å². The Kier molecular flexibility index (Phi) is 3.49. The Morgan fingerprint density at radius 1 is 1.43 bits per heavy atom. The lowest BCUT2D eigenvalue weighted by molar-refractivity contribution is 0.0995. The maximum atomic E-state index is 12.3. The summed E-state index contributed by atoms with van der Waals surface area (Å²) in [6.07, 6.45) is 1.97. The van der Waals surface area contributed by atoms with Crippen molar-refractivity contribution in [3.63, 3.8) is 0 Å². The molecule has 1 atom stereocenters. The van der Waals surface area contributed by atoms with Gasteiger partial charge in [0.2, 0.25) is 0 Å². The van der Waals surface area contributed by atoms with Crippen LogP contribution < -0.4 is 5.32 Å². The van der Waals surface area contributed by atoms with Gasteiger partial charge in [0.15, 0.2) is 15.6 Å². The summed E-state index contributed by atoms with van der Waals surface area (Å²) in [5.74, 6) is 2.27. The smallest absolute Gasteiger partial charge is 0.292 e. The number of nitrogens with one attached hydrogen (secondary N) is 1. The van der Waals surface area contributed by atoms with Gasteiger partial charge in [0.05, 0.1) is 29.5 Å². The van der Waals surface area contributed by atoms with Gasteiger partial charge in [-0.2, -0.15) is 16.9 Å². The zero-order valence-electron chi connectivity index (χ0n) is 12.2. The maximum Gasteiger partial charge on any atom is 0.292 e. The molecule has 0 aromatic carbocycles. The predicted octanol–water partition coefficient (Wildman–Crippen LogP) is 1.83. The van der Waals surface area contributed by atoms with Crippen molar-refractivity contribution >= 4 is 33.3 Å². The zero-order valence-corrected chi connectivity index (χ0v) is 13.8. The SMILES string of the molecule is O=C(Nc1c2c(nn1C1CCS(=O)(=O)C1)CSC2)c1ccco1. The van der Waals surface area contributed by atoms with E-state index in [-0.39, 0.29) is 29.2 Å². The molecule has 0 spiro atoms. The van der Waals surface area contributed by atoms with Crippen LogP contribution in [0.3, 0.4) is 0 Å². The van der Waals surface area contributed by atoms with Crippen molar-refractivity contribution in [2.75, 3.05) is 16.8 Å². The highest BCUT2D eigenvalue weighted by atomic mass is 32.2. The first-order chi connectivity index (χ1) is 11.0. The second kappa shape index (κ2) is 5.41. The lowest BCUT2D eigenvalue weighted by Crippen LogP contribution is -2.20. The van der Waals surface area contributed by atoms with Crippen molar-refractivity contribution in [2.24, 2.45) is 0 Å². The van der Waals surface area contributed by atoms with Crippen molar-refractivity contribution in [1.29, 1.82) is 0 Å². The van der Waals surface area contributed by atoms with Crippen LogP contribution in [0.1, 0.15) is 34.3 Å². The van der Waals surface area contributed by atoms with E-state index in [4.69, 9.17) is 4.42 Å². The van der Waals surface area contributed by atoms with Crippen molar-refractivity contribution < 1.29 is 17.6 Å². The molecule has 9 heteroatoms. The molecule has 1 unspecified atom stereocenters. The molecule has 23 heavy (non-hydrogen) atoms. The van der Waals surface area contributed by atoms with E-state index in [1.165, 1.54) is 6.26 Å². The number of carbonyl (C=O) groups excluding carboxylic acids is 1. The fraction of sp³-hybridized carbons (Fsp3) is 0.429. The monoisotopic (exact) mass is 353 g/mol. The first-order valence-corrected chi connectivity index (χ1v) is 10.2. The number of nitrogens with zero attached hydrogens (tertiary/aromatic N) is 2. The van der Waals surface area contributed by atoms with Gasteiger partial charge in [-0.15, -0.1) is 0 Å². The van der Waals surface area contributed by atoms with Gasteiger partial charge in [0.1, 0.15) is 5.82 Å². The van der Waals surface area contributed by atoms with Gasteiger partial charge in [0.25, 0.3) is 5.91 Å². The summed E-state index contributed by atoms with van der Waals surface area (Å²) in [5, 5.41) is 7.42. The number of thioether (sulfide) groups is 1. The molecule has 0 aliphatic carbocycles. The van der Waals surface area contributed by atoms with Crippen LogP contribution in [0, 0.1) is 0 Å². The summed E-state index contributed by atoms with van der Waals surface area (Å²) in [6, 6.07) is 3.02. The predicted molar refractivity (Wildman–Crippen MR) is 86.2 cm³/mol. The topological polar surface area (TPSA) is 94.2 Å². The van der Waals surface area contributed by atoms with Gasteiger partial charge >= 0.3 is 0 Å². The third-order valence-electron chi connectivity index (χ3n) is 4.11. The summed E-state index contributed by atoms with van der Waals surface area (Å²) in [5.41, 5.74) is 1.91. The standard InChI is InChI=1S/C14H15N3O4S2/c18-14(12-2-1-4-21-12)15-13-10-6-22-7-11(10)16-17(13)9-3-5-23(19,20)8-9/h1-2,4,9H,3,5-8H2,(H,15,18). The number of fused-ring (bicyclic) bond motifs is 1. The van der Waals surface area contributed by atoms with Crippen molar-refractivity contribution in [3.05, 3.63) is 35.4 Å². The third-order valence-corrected chi connectivity index (χ3v) is 6.83. The first kappa shape index (κ1) is 14.8. The van der Waals surface area contributed by atoms with Crippen LogP contribution in [-0.2, 0) is 21.3 Å². The Balaban J connectivity index is 1.69. The zero-order chi connectivity index (χ0) is 16.0. The number of hydrogen-bond donors (Lipinski definition) is 1. The Morgan fingerprint density at radius 2 is 2.30 bits per heavy atom. The van der Waals surface area contributed by atoms with E-state index >= 15 is 0 Å². The average molecular weight is 353 g/mol. The average Bonchev–Trinajstić information content (AvgIpc) is 3.23. The molecule has 1 saturated heterocycles. The van der Waals surface area contributed by atoms with E-state index in [0.29, 0.717) is 12.2 Å². The Bertz CT molecular complexity index is 855. The largest absolute Gasteiger partial charge is 0.459 e. The first-order valence-electron chi connectivity index (χ1n) is 7.27. The molecule has 1 amide bonds. The summed E-state index contributed by atoms with van der Waals surface area (Å²) in [6.45, 7) is 0. The van der Waals surface area contributed by atoms with Gasteiger partial charge in [-0.05, 0) is 18.6 Å². The summed E-state index contributed by atoms with van der Waals surface area (Å²) >= 11 is 1.73. The molecular formula is C14H15N3O4S2. The Morgan fingerprint density at radius 3 is 3.00 bits per heavy atom. The lowest BCUT2D eigenvalue weighted by Gasteiger charge is -2.14. The molecule has 2 aromatic heterocycles. The quantitative estimate of drug-likeness (QED) is 0.905. The molecule has 2 aliphatic rings. The Labute approximate surface area is 137 Å². The van der Waals surface area contributed by atoms with Crippen LogP contribution in [0.4, 0.5) is 5.82 Å². The lowest BCUT2D eigenvalue weighted by atomic mass is 10.2. The van der Waals surface area contributed by atoms with E-state index in [1.54, 1.807) is 28.6 Å². The second-order valence-corrected chi connectivity index (χ2v) is 8.91. The number of rotatable bonds is 3. The minimum atomic E-state index is -3.02. The van der Waals surface area contributed by atoms with Gasteiger partial charge < -0.3 is 9.73 Å². The molecule has 7 nitrogen and oxygen atoms in total. The van der Waals surface area contributed by atoms with Gasteiger partial charge in [0, 0.05) is 17.1 Å². The fourth-order valence-corrected chi connectivity index (χ4v) is 5.70. The van der Waals surface area contributed by atoms with Crippen molar-refractivity contribution in [2.45, 2.75) is 24.0 Å². The van der Waals surface area contributed by atoms with Crippen LogP contribution >= 0.6 is 11.8 Å². The molecule has 2 aliphatic heterocycles. The molecule has 4 rings (SSSR count). The molecule has 2 aromatic rings. The van der Waals surface area contributed by atoms with Crippen LogP contribution in [0.15, 0.2) is 22.8 Å². The molecule has 4 heterocycles. The minimum absolute atomic E-state index is 0.0737. The van der Waals surface area contributed by atoms with Gasteiger partial charge in [-0.25, -0.2) is 13.1 Å². The highest BCUT2D eigenvalue weighted by Crippen LogP contribution is 2.38. The van der Waals surface area contributed by atoms with E-state index in [2.05, 4.69) is 10.4 Å². The highest BCUT2D eigenvalue weighted by molar-refractivity contribution is 7.98. The van der Waals surface area contributed by atoms with E-state index < -0.39 is 9.84 Å². The fourth-order valence-electron chi connectivity index (χ4n) is 2.97. The maximum absolute atomic E-state index is 12.3. The van der Waals surface area contributed by atoms with Crippen molar-refractivity contribution in [3.8, 4) is 0 Å². The Hall–Kier alpha value is -1.74. The number of anilines is 1. The molecule has 1 N–H and O–H groups in total.